The number of nitrogens with zero attached hydrogens (tertiary/aromatic N) is 1. The number of allylic oxidation sites excluding steroid dienone is 1. The van der Waals surface area contributed by atoms with Crippen LogP contribution in [0.5, 0.6) is 0 Å². The van der Waals surface area contributed by atoms with Gasteiger partial charge in [-0.05, 0) is 6.08 Å². The van der Waals surface area contributed by atoms with Crippen molar-refractivity contribution in [1.82, 2.24) is 5.32 Å². The molecule has 0 aromatic carbocycles. The highest BCUT2D eigenvalue weighted by Gasteiger charge is 2.13. The molecule has 0 fully saturated rings. The molecule has 0 atom stereocenters. The Bertz CT molecular complexity index is 220. The van der Waals surface area contributed by atoms with Gasteiger partial charge >= 0.3 is 5.70 Å². The van der Waals surface area contributed by atoms with E-state index in [0.717, 1.165) is 12.3 Å². The Morgan fingerprint density at radius 2 is 2.36 bits per heavy atom. The zero-order chi connectivity index (χ0) is 8.85. The maximum atomic E-state index is 10.2. The van der Waals surface area contributed by atoms with Gasteiger partial charge in [0.1, 0.15) is 5.71 Å². The third kappa shape index (κ3) is 2.61. The SMILES string of the molecule is C=CC(=N)/C(=C\NC)[N+](=O)[O-]. The molecule has 0 aliphatic rings. The standard InChI is InChI=1S/C6H9N3O2/c1-3-5(7)6(4-8-2)9(10)11/h3-4,7-8H,1H2,2H3/b6-4+,7-5?. The van der Waals surface area contributed by atoms with Crippen molar-refractivity contribution in [1.29, 1.82) is 5.41 Å². The van der Waals surface area contributed by atoms with Crippen molar-refractivity contribution >= 4 is 5.71 Å². The molecule has 0 saturated carbocycles. The number of hydrogen-bond acceptors (Lipinski definition) is 4. The van der Waals surface area contributed by atoms with Crippen molar-refractivity contribution in [2.45, 2.75) is 0 Å². The molecule has 0 aliphatic heterocycles. The molecule has 0 aliphatic carbocycles. The molecule has 0 aromatic heterocycles. The summed E-state index contributed by atoms with van der Waals surface area (Å²) in [6.45, 7) is 3.25. The van der Waals surface area contributed by atoms with Crippen LogP contribution in [0.4, 0.5) is 0 Å². The van der Waals surface area contributed by atoms with Crippen LogP contribution in [0, 0.1) is 15.5 Å². The molecule has 0 bridgehead atoms. The van der Waals surface area contributed by atoms with Crippen molar-refractivity contribution in [2.75, 3.05) is 7.05 Å². The van der Waals surface area contributed by atoms with Gasteiger partial charge in [-0.3, -0.25) is 15.5 Å². The van der Waals surface area contributed by atoms with E-state index in [9.17, 15) is 10.1 Å². The van der Waals surface area contributed by atoms with Gasteiger partial charge in [0.25, 0.3) is 0 Å². The van der Waals surface area contributed by atoms with Gasteiger partial charge in [-0.15, -0.1) is 0 Å². The molecule has 0 unspecified atom stereocenters. The lowest BCUT2D eigenvalue weighted by atomic mass is 10.3. The zero-order valence-corrected chi connectivity index (χ0v) is 6.13. The van der Waals surface area contributed by atoms with Gasteiger partial charge in [0.2, 0.25) is 0 Å². The number of nitro groups is 1. The third-order valence-electron chi connectivity index (χ3n) is 0.958. The minimum absolute atomic E-state index is 0.204. The van der Waals surface area contributed by atoms with Gasteiger partial charge < -0.3 is 5.32 Å². The number of rotatable bonds is 4. The summed E-state index contributed by atoms with van der Waals surface area (Å²) in [5.74, 6) is 0. The first-order valence-electron chi connectivity index (χ1n) is 2.86. The van der Waals surface area contributed by atoms with E-state index in [1.165, 1.54) is 7.05 Å². The normalized spacial score (nSPS) is 10.5. The van der Waals surface area contributed by atoms with Crippen LogP contribution in [0.25, 0.3) is 0 Å². The second-order valence-corrected chi connectivity index (χ2v) is 1.69. The lowest BCUT2D eigenvalue weighted by molar-refractivity contribution is -0.415. The van der Waals surface area contributed by atoms with Crippen LogP contribution < -0.4 is 5.32 Å². The summed E-state index contributed by atoms with van der Waals surface area (Å²) in [7, 11) is 1.53. The number of hydrogen-bond donors (Lipinski definition) is 2. The maximum absolute atomic E-state index is 10.2. The van der Waals surface area contributed by atoms with E-state index in [1.54, 1.807) is 0 Å². The lowest BCUT2D eigenvalue weighted by Gasteiger charge is -1.94. The van der Waals surface area contributed by atoms with Crippen LogP contribution in [0.15, 0.2) is 24.6 Å². The lowest BCUT2D eigenvalue weighted by Crippen LogP contribution is -2.11. The van der Waals surface area contributed by atoms with E-state index in [2.05, 4.69) is 11.9 Å². The second kappa shape index (κ2) is 4.21. The molecule has 0 spiro atoms. The molecule has 60 valence electrons. The van der Waals surface area contributed by atoms with Crippen LogP contribution in [-0.2, 0) is 0 Å². The topological polar surface area (TPSA) is 79.0 Å². The largest absolute Gasteiger partial charge is 0.388 e. The predicted molar refractivity (Wildman–Crippen MR) is 42.1 cm³/mol. The molecule has 5 nitrogen and oxygen atoms in total. The van der Waals surface area contributed by atoms with Crippen molar-refractivity contribution in [3.8, 4) is 0 Å². The van der Waals surface area contributed by atoms with Crippen molar-refractivity contribution < 1.29 is 4.92 Å². The van der Waals surface area contributed by atoms with E-state index in [4.69, 9.17) is 5.41 Å². The first-order chi connectivity index (χ1) is 5.13. The summed E-state index contributed by atoms with van der Waals surface area (Å²) >= 11 is 0. The van der Waals surface area contributed by atoms with Gasteiger partial charge in [0, 0.05) is 7.05 Å². The Hall–Kier alpha value is -1.65. The van der Waals surface area contributed by atoms with Crippen LogP contribution in [-0.4, -0.2) is 17.7 Å². The molecule has 0 amide bonds. The molecular formula is C6H9N3O2. The Morgan fingerprint density at radius 3 is 2.64 bits per heavy atom. The first kappa shape index (κ1) is 9.35. The summed E-state index contributed by atoms with van der Waals surface area (Å²) in [4.78, 5) is 9.56. The van der Waals surface area contributed by atoms with Crippen LogP contribution in [0.2, 0.25) is 0 Å². The van der Waals surface area contributed by atoms with Crippen molar-refractivity contribution in [2.24, 2.45) is 0 Å². The fourth-order valence-corrected chi connectivity index (χ4v) is 0.470. The van der Waals surface area contributed by atoms with Crippen LogP contribution >= 0.6 is 0 Å². The Labute approximate surface area is 64.1 Å². The van der Waals surface area contributed by atoms with Gasteiger partial charge in [0.15, 0.2) is 0 Å². The Morgan fingerprint density at radius 1 is 1.82 bits per heavy atom. The highest BCUT2D eigenvalue weighted by molar-refractivity contribution is 6.03. The second-order valence-electron chi connectivity index (χ2n) is 1.69. The van der Waals surface area contributed by atoms with Crippen molar-refractivity contribution in [3.63, 3.8) is 0 Å². The van der Waals surface area contributed by atoms with Crippen LogP contribution in [0.3, 0.4) is 0 Å². The van der Waals surface area contributed by atoms with E-state index in [1.807, 2.05) is 0 Å². The smallest absolute Gasteiger partial charge is 0.309 e. The van der Waals surface area contributed by atoms with E-state index in [0.29, 0.717) is 0 Å². The van der Waals surface area contributed by atoms with Gasteiger partial charge in [0.05, 0.1) is 11.1 Å². The fourth-order valence-electron chi connectivity index (χ4n) is 0.470. The molecule has 0 radical (unpaired) electrons. The molecule has 2 N–H and O–H groups in total. The van der Waals surface area contributed by atoms with Gasteiger partial charge in [-0.2, -0.15) is 0 Å². The van der Waals surface area contributed by atoms with E-state index in [-0.39, 0.29) is 11.4 Å². The number of nitrogens with one attached hydrogen (secondary N) is 2. The molecule has 0 rings (SSSR count). The predicted octanol–water partition coefficient (Wildman–Crippen LogP) is 0.530. The van der Waals surface area contributed by atoms with Crippen LogP contribution in [0.1, 0.15) is 0 Å². The van der Waals surface area contributed by atoms with E-state index >= 15 is 0 Å². The van der Waals surface area contributed by atoms with Crippen molar-refractivity contribution in [3.05, 3.63) is 34.7 Å². The molecule has 0 aromatic rings. The highest BCUT2D eigenvalue weighted by atomic mass is 16.6. The highest BCUT2D eigenvalue weighted by Crippen LogP contribution is 1.96. The van der Waals surface area contributed by atoms with Gasteiger partial charge in [-0.25, -0.2) is 0 Å². The average Bonchev–Trinajstić information content (AvgIpc) is 1.98. The zero-order valence-electron chi connectivity index (χ0n) is 6.13. The summed E-state index contributed by atoms with van der Waals surface area (Å²) in [6, 6.07) is 0. The Kier molecular flexibility index (Phi) is 3.58. The molecule has 0 heterocycles. The third-order valence-corrected chi connectivity index (χ3v) is 0.958. The minimum Gasteiger partial charge on any atom is -0.388 e. The molecular weight excluding hydrogens is 146 g/mol. The minimum atomic E-state index is -0.638. The molecule has 5 heteroatoms. The summed E-state index contributed by atoms with van der Waals surface area (Å²) in [5, 5.41) is 19.7. The summed E-state index contributed by atoms with van der Waals surface area (Å²) in [6.07, 6.45) is 2.26. The summed E-state index contributed by atoms with van der Waals surface area (Å²) in [5.41, 5.74) is -0.494. The van der Waals surface area contributed by atoms with E-state index < -0.39 is 4.92 Å². The quantitative estimate of drug-likeness (QED) is 0.353. The Balaban J connectivity index is 4.61. The molecule has 11 heavy (non-hydrogen) atoms. The maximum Gasteiger partial charge on any atom is 0.309 e. The average molecular weight is 155 g/mol. The monoisotopic (exact) mass is 155 g/mol. The van der Waals surface area contributed by atoms with Gasteiger partial charge in [-0.1, -0.05) is 6.58 Å². The molecule has 0 saturated heterocycles. The fraction of sp³-hybridized carbons (Fsp3) is 0.167. The first-order valence-corrected chi connectivity index (χ1v) is 2.86. The summed E-state index contributed by atoms with van der Waals surface area (Å²) < 4.78 is 0.